The fourth-order valence-corrected chi connectivity index (χ4v) is 3.45. The molecule has 0 saturated carbocycles. The molecule has 0 spiro atoms. The number of nitrogens with one attached hydrogen (secondary N) is 1. The van der Waals surface area contributed by atoms with E-state index in [0.29, 0.717) is 5.56 Å². The van der Waals surface area contributed by atoms with Gasteiger partial charge in [-0.2, -0.15) is 0 Å². The summed E-state index contributed by atoms with van der Waals surface area (Å²) in [6.07, 6.45) is 0. The van der Waals surface area contributed by atoms with Gasteiger partial charge >= 0.3 is 131 Å². The Morgan fingerprint density at radius 1 is 1.25 bits per heavy atom. The van der Waals surface area contributed by atoms with Crippen molar-refractivity contribution in [2.45, 2.75) is 6.92 Å². The number of amides is 1. The average molecular weight is 395 g/mol. The van der Waals surface area contributed by atoms with Crippen molar-refractivity contribution in [1.29, 1.82) is 0 Å². The summed E-state index contributed by atoms with van der Waals surface area (Å²) in [6, 6.07) is 11.3. The van der Waals surface area contributed by atoms with Crippen LogP contribution in [0.2, 0.25) is 0 Å². The summed E-state index contributed by atoms with van der Waals surface area (Å²) in [4.78, 5) is 12.4. The molecule has 1 N–H and O–H groups in total. The van der Waals surface area contributed by atoms with Gasteiger partial charge in [-0.3, -0.25) is 0 Å². The zero-order valence-corrected chi connectivity index (χ0v) is 13.9. The van der Waals surface area contributed by atoms with Crippen LogP contribution in [0.4, 0.5) is 5.69 Å². The molecule has 0 radical (unpaired) electrons. The molecule has 0 aliphatic rings. The molecule has 0 bridgehead atoms. The van der Waals surface area contributed by atoms with Crippen molar-refractivity contribution in [1.82, 2.24) is 7.96 Å². The number of fused-ring (bicyclic) bond motifs is 1. The Morgan fingerprint density at radius 2 is 2.10 bits per heavy atom. The van der Waals surface area contributed by atoms with Crippen LogP contribution in [-0.2, 0) is 0 Å². The molecule has 3 rings (SSSR count). The Morgan fingerprint density at radius 3 is 2.95 bits per heavy atom. The molecular formula is C14H10BrN3OSe. The van der Waals surface area contributed by atoms with Crippen LogP contribution in [0, 0.1) is 6.92 Å². The zero-order chi connectivity index (χ0) is 14.1. The standard InChI is InChI=1S/C14H10BrN3OSe/c1-8-5-6-9(15)7-10(8)14(19)16-11-3-2-4-12-13(11)18-20-17-12/h2-7H,1H3,(H,16,19). The first kappa shape index (κ1) is 13.5. The minimum atomic E-state index is -0.133. The molecule has 0 atom stereocenters. The van der Waals surface area contributed by atoms with Crippen LogP contribution in [0.1, 0.15) is 15.9 Å². The van der Waals surface area contributed by atoms with Gasteiger partial charge in [-0.1, -0.05) is 0 Å². The third-order valence-electron chi connectivity index (χ3n) is 2.98. The quantitative estimate of drug-likeness (QED) is 0.679. The van der Waals surface area contributed by atoms with E-state index < -0.39 is 0 Å². The second-order valence-electron chi connectivity index (χ2n) is 4.35. The summed E-state index contributed by atoms with van der Waals surface area (Å²) in [5.74, 6) is -0.133. The Balaban J connectivity index is 1.96. The van der Waals surface area contributed by atoms with Crippen LogP contribution in [0.5, 0.6) is 0 Å². The van der Waals surface area contributed by atoms with E-state index in [1.807, 2.05) is 43.3 Å². The van der Waals surface area contributed by atoms with Crippen LogP contribution >= 0.6 is 15.9 Å². The molecule has 0 aliphatic heterocycles. The molecular weight excluding hydrogens is 385 g/mol. The molecule has 2 aromatic carbocycles. The van der Waals surface area contributed by atoms with Crippen molar-refractivity contribution in [3.63, 3.8) is 0 Å². The average Bonchev–Trinajstić information content (AvgIpc) is 2.91. The second-order valence-corrected chi connectivity index (χ2v) is 6.38. The Labute approximate surface area is 130 Å². The summed E-state index contributed by atoms with van der Waals surface area (Å²) < 4.78 is 9.55. The van der Waals surface area contributed by atoms with Crippen molar-refractivity contribution in [3.8, 4) is 0 Å². The van der Waals surface area contributed by atoms with Crippen molar-refractivity contribution in [2.24, 2.45) is 0 Å². The molecule has 0 fully saturated rings. The van der Waals surface area contributed by atoms with Crippen molar-refractivity contribution < 1.29 is 4.79 Å². The maximum atomic E-state index is 12.4. The van der Waals surface area contributed by atoms with Crippen LogP contribution < -0.4 is 5.32 Å². The van der Waals surface area contributed by atoms with Crippen LogP contribution in [-0.4, -0.2) is 28.8 Å². The number of aromatic nitrogens is 2. The Kier molecular flexibility index (Phi) is 3.70. The number of carbonyl (C=O) groups excluding carboxylic acids is 1. The molecule has 6 heteroatoms. The monoisotopic (exact) mass is 395 g/mol. The number of aryl methyl sites for hydroxylation is 1. The van der Waals surface area contributed by atoms with E-state index in [1.54, 1.807) is 0 Å². The van der Waals surface area contributed by atoms with Gasteiger partial charge in [0, 0.05) is 0 Å². The number of hydrogen-bond donors (Lipinski definition) is 1. The van der Waals surface area contributed by atoms with Gasteiger partial charge in [0.1, 0.15) is 0 Å². The molecule has 1 aromatic heterocycles. The van der Waals surface area contributed by atoms with Gasteiger partial charge in [-0.15, -0.1) is 0 Å². The van der Waals surface area contributed by atoms with E-state index >= 15 is 0 Å². The fraction of sp³-hybridized carbons (Fsp3) is 0.0714. The van der Waals surface area contributed by atoms with Crippen molar-refractivity contribution in [2.75, 3.05) is 5.32 Å². The first-order chi connectivity index (χ1) is 9.65. The first-order valence-corrected chi connectivity index (χ1v) is 8.26. The predicted molar refractivity (Wildman–Crippen MR) is 83.3 cm³/mol. The zero-order valence-electron chi connectivity index (χ0n) is 10.6. The number of carbonyl (C=O) groups is 1. The van der Waals surface area contributed by atoms with Crippen LogP contribution in [0.15, 0.2) is 40.9 Å². The molecule has 3 aromatic rings. The normalized spacial score (nSPS) is 10.7. The van der Waals surface area contributed by atoms with Gasteiger partial charge in [0.2, 0.25) is 0 Å². The maximum absolute atomic E-state index is 12.4. The SMILES string of the molecule is Cc1ccc(Br)cc1C(=O)Nc1cccc2n[se]nc12. The number of anilines is 1. The Bertz CT molecular complexity index is 800. The van der Waals surface area contributed by atoms with Gasteiger partial charge < -0.3 is 0 Å². The summed E-state index contributed by atoms with van der Waals surface area (Å²) in [5.41, 5.74) is 3.94. The van der Waals surface area contributed by atoms with E-state index in [9.17, 15) is 4.79 Å². The molecule has 0 aliphatic carbocycles. The summed E-state index contributed by atoms with van der Waals surface area (Å²) in [7, 11) is 0. The predicted octanol–water partition coefficient (Wildman–Crippen LogP) is 3.01. The van der Waals surface area contributed by atoms with E-state index in [-0.39, 0.29) is 20.9 Å². The van der Waals surface area contributed by atoms with Crippen molar-refractivity contribution >= 4 is 53.5 Å². The first-order valence-electron chi connectivity index (χ1n) is 5.94. The number of hydrogen-bond acceptors (Lipinski definition) is 3. The Hall–Kier alpha value is -1.49. The third-order valence-corrected chi connectivity index (χ3v) is 4.61. The summed E-state index contributed by atoms with van der Waals surface area (Å²) in [5, 5.41) is 2.92. The van der Waals surface area contributed by atoms with Crippen LogP contribution in [0.25, 0.3) is 11.0 Å². The summed E-state index contributed by atoms with van der Waals surface area (Å²) in [6.45, 7) is 1.92. The van der Waals surface area contributed by atoms with Gasteiger partial charge in [0.15, 0.2) is 0 Å². The topological polar surface area (TPSA) is 54.9 Å². The third kappa shape index (κ3) is 2.54. The second kappa shape index (κ2) is 5.48. The number of benzene rings is 2. The van der Waals surface area contributed by atoms with Gasteiger partial charge in [-0.25, -0.2) is 0 Å². The van der Waals surface area contributed by atoms with Crippen molar-refractivity contribution in [3.05, 3.63) is 52.0 Å². The molecule has 1 heterocycles. The molecule has 100 valence electrons. The van der Waals surface area contributed by atoms with E-state index in [4.69, 9.17) is 0 Å². The molecule has 0 saturated heterocycles. The van der Waals surface area contributed by atoms with Gasteiger partial charge in [0.05, 0.1) is 0 Å². The van der Waals surface area contributed by atoms with E-state index in [1.165, 1.54) is 0 Å². The molecule has 1 amide bonds. The van der Waals surface area contributed by atoms with E-state index in [0.717, 1.165) is 26.8 Å². The minimum absolute atomic E-state index is 0.102. The van der Waals surface area contributed by atoms with Gasteiger partial charge in [0.25, 0.3) is 0 Å². The number of rotatable bonds is 2. The summed E-state index contributed by atoms with van der Waals surface area (Å²) >= 11 is 3.29. The molecule has 20 heavy (non-hydrogen) atoms. The van der Waals surface area contributed by atoms with Crippen LogP contribution in [0.3, 0.4) is 0 Å². The van der Waals surface area contributed by atoms with Gasteiger partial charge in [-0.05, 0) is 0 Å². The number of nitrogens with zero attached hydrogens (tertiary/aromatic N) is 2. The molecule has 4 nitrogen and oxygen atoms in total. The fourth-order valence-electron chi connectivity index (χ4n) is 1.94. The molecule has 0 unspecified atom stereocenters. The van der Waals surface area contributed by atoms with E-state index in [2.05, 4.69) is 29.2 Å². The number of halogens is 1.